The third-order valence-corrected chi connectivity index (χ3v) is 5.60. The molecule has 0 fully saturated rings. The van der Waals surface area contributed by atoms with Crippen LogP contribution in [0.2, 0.25) is 0 Å². The molecule has 0 saturated carbocycles. The molecule has 4 rings (SSSR count). The molecule has 0 aliphatic rings. The summed E-state index contributed by atoms with van der Waals surface area (Å²) in [4.78, 5) is 28.6. The monoisotopic (exact) mass is 448 g/mol. The predicted molar refractivity (Wildman–Crippen MR) is 123 cm³/mol. The Morgan fingerprint density at radius 3 is 2.59 bits per heavy atom. The molecule has 0 unspecified atom stereocenters. The van der Waals surface area contributed by atoms with Crippen LogP contribution in [-0.4, -0.2) is 40.9 Å². The number of nitrogens with one attached hydrogen (secondary N) is 1. The molecular weight excluding hydrogens is 428 g/mol. The zero-order valence-corrected chi connectivity index (χ0v) is 18.5. The zero-order valence-electron chi connectivity index (χ0n) is 17.7. The average Bonchev–Trinajstić information content (AvgIpc) is 3.39. The molecule has 0 atom stereocenters. The van der Waals surface area contributed by atoms with Gasteiger partial charge >= 0.3 is 5.97 Å². The lowest BCUT2D eigenvalue weighted by molar-refractivity contribution is -0.111. The van der Waals surface area contributed by atoms with Crippen LogP contribution in [0.25, 0.3) is 21.4 Å². The van der Waals surface area contributed by atoms with Gasteiger partial charge in [0, 0.05) is 12.1 Å². The standard InChI is InChI=1S/C23H20N4O4S/c1-14-12-20(25-21(28)11-6-15-4-7-16(8-5-15)22(29)31-3)27(26-14)23-24-18-10-9-17(30-2)13-19(18)32-23/h4-13H,1-3H3,(H,25,28)/b11-6+. The molecule has 1 N–H and O–H groups in total. The molecule has 0 aliphatic heterocycles. The van der Waals surface area contributed by atoms with Crippen molar-refractivity contribution in [2.24, 2.45) is 0 Å². The van der Waals surface area contributed by atoms with Gasteiger partial charge in [-0.3, -0.25) is 4.79 Å². The van der Waals surface area contributed by atoms with Crippen molar-refractivity contribution in [2.75, 3.05) is 19.5 Å². The Kier molecular flexibility index (Phi) is 6.00. The normalized spacial score (nSPS) is 11.1. The Morgan fingerprint density at radius 2 is 1.88 bits per heavy atom. The SMILES string of the molecule is COC(=O)c1ccc(/C=C/C(=O)Nc2cc(C)nn2-c2nc3ccc(OC)cc3s2)cc1. The van der Waals surface area contributed by atoms with E-state index in [1.54, 1.807) is 48.2 Å². The lowest BCUT2D eigenvalue weighted by Crippen LogP contribution is -2.12. The molecule has 2 aromatic heterocycles. The number of benzene rings is 2. The number of fused-ring (bicyclic) bond motifs is 1. The predicted octanol–water partition coefficient (Wildman–Crippen LogP) is 4.24. The van der Waals surface area contributed by atoms with Crippen molar-refractivity contribution in [3.8, 4) is 10.9 Å². The second kappa shape index (κ2) is 9.03. The Labute approximate surface area is 188 Å². The van der Waals surface area contributed by atoms with E-state index in [2.05, 4.69) is 20.1 Å². The number of rotatable bonds is 6. The first kappa shape index (κ1) is 21.3. The third kappa shape index (κ3) is 4.52. The van der Waals surface area contributed by atoms with Crippen molar-refractivity contribution in [3.63, 3.8) is 0 Å². The molecule has 9 heteroatoms. The first-order valence-corrected chi connectivity index (χ1v) is 10.5. The number of aryl methyl sites for hydroxylation is 1. The summed E-state index contributed by atoms with van der Waals surface area (Å²) < 4.78 is 12.5. The third-order valence-electron chi connectivity index (χ3n) is 4.61. The molecule has 2 aromatic carbocycles. The van der Waals surface area contributed by atoms with Gasteiger partial charge in [0.15, 0.2) is 0 Å². The highest BCUT2D eigenvalue weighted by atomic mass is 32.1. The van der Waals surface area contributed by atoms with Crippen molar-refractivity contribution < 1.29 is 19.1 Å². The maximum atomic E-state index is 12.5. The lowest BCUT2D eigenvalue weighted by Gasteiger charge is -2.04. The van der Waals surface area contributed by atoms with Crippen LogP contribution >= 0.6 is 11.3 Å². The van der Waals surface area contributed by atoms with E-state index in [4.69, 9.17) is 4.74 Å². The van der Waals surface area contributed by atoms with Crippen LogP contribution in [0.4, 0.5) is 5.82 Å². The fourth-order valence-corrected chi connectivity index (χ4v) is 3.99. The van der Waals surface area contributed by atoms with Crippen molar-refractivity contribution in [3.05, 3.63) is 71.4 Å². The van der Waals surface area contributed by atoms with Gasteiger partial charge in [0.1, 0.15) is 11.6 Å². The Hall–Kier alpha value is -3.98. The highest BCUT2D eigenvalue weighted by molar-refractivity contribution is 7.20. The summed E-state index contributed by atoms with van der Waals surface area (Å²) in [5.41, 5.74) is 2.80. The summed E-state index contributed by atoms with van der Waals surface area (Å²) in [6.07, 6.45) is 3.08. The number of esters is 1. The van der Waals surface area contributed by atoms with Gasteiger partial charge in [0.2, 0.25) is 11.0 Å². The summed E-state index contributed by atoms with van der Waals surface area (Å²) in [5, 5.41) is 7.96. The largest absolute Gasteiger partial charge is 0.497 e. The van der Waals surface area contributed by atoms with Gasteiger partial charge < -0.3 is 14.8 Å². The first-order valence-electron chi connectivity index (χ1n) is 9.66. The fraction of sp³-hybridized carbons (Fsp3) is 0.130. The van der Waals surface area contributed by atoms with Crippen LogP contribution in [-0.2, 0) is 9.53 Å². The number of amides is 1. The molecule has 0 bridgehead atoms. The van der Waals surface area contributed by atoms with Gasteiger partial charge in [0.25, 0.3) is 0 Å². The van der Waals surface area contributed by atoms with Gasteiger partial charge in [-0.1, -0.05) is 23.5 Å². The van der Waals surface area contributed by atoms with E-state index < -0.39 is 5.97 Å². The summed E-state index contributed by atoms with van der Waals surface area (Å²) in [6.45, 7) is 1.85. The second-order valence-electron chi connectivity index (χ2n) is 6.85. The van der Waals surface area contributed by atoms with E-state index in [-0.39, 0.29) is 5.91 Å². The minimum atomic E-state index is -0.407. The fourth-order valence-electron chi connectivity index (χ4n) is 3.03. The number of anilines is 1. The summed E-state index contributed by atoms with van der Waals surface area (Å²) >= 11 is 1.45. The van der Waals surface area contributed by atoms with Crippen LogP contribution in [0.5, 0.6) is 5.75 Å². The topological polar surface area (TPSA) is 95.3 Å². The maximum Gasteiger partial charge on any atom is 0.337 e. The summed E-state index contributed by atoms with van der Waals surface area (Å²) in [6, 6.07) is 14.2. The molecule has 0 aliphatic carbocycles. The Bertz CT molecular complexity index is 1320. The number of nitrogens with zero attached hydrogens (tertiary/aromatic N) is 3. The number of ether oxygens (including phenoxy) is 2. The number of methoxy groups -OCH3 is 2. The van der Waals surface area contributed by atoms with Gasteiger partial charge in [-0.05, 0) is 48.9 Å². The van der Waals surface area contributed by atoms with Crippen LogP contribution < -0.4 is 10.1 Å². The summed E-state index contributed by atoms with van der Waals surface area (Å²) in [7, 11) is 2.95. The smallest absolute Gasteiger partial charge is 0.337 e. The first-order chi connectivity index (χ1) is 15.5. The van der Waals surface area contributed by atoms with Gasteiger partial charge in [-0.2, -0.15) is 9.78 Å². The quantitative estimate of drug-likeness (QED) is 0.350. The molecule has 8 nitrogen and oxygen atoms in total. The van der Waals surface area contributed by atoms with Crippen LogP contribution in [0.15, 0.2) is 54.6 Å². The van der Waals surface area contributed by atoms with Crippen LogP contribution in [0, 0.1) is 6.92 Å². The van der Waals surface area contributed by atoms with Crippen molar-refractivity contribution in [2.45, 2.75) is 6.92 Å². The molecule has 2 heterocycles. The number of carbonyl (C=O) groups is 2. The lowest BCUT2D eigenvalue weighted by atomic mass is 10.1. The Balaban J connectivity index is 1.52. The molecule has 1 amide bonds. The van der Waals surface area contributed by atoms with Crippen LogP contribution in [0.1, 0.15) is 21.6 Å². The molecule has 0 saturated heterocycles. The number of thiazole rings is 1. The van der Waals surface area contributed by atoms with Crippen LogP contribution in [0.3, 0.4) is 0 Å². The molecule has 0 spiro atoms. The van der Waals surface area contributed by atoms with E-state index in [1.807, 2.05) is 25.1 Å². The second-order valence-corrected chi connectivity index (χ2v) is 7.86. The number of carbonyl (C=O) groups excluding carboxylic acids is 2. The van der Waals surface area contributed by atoms with Gasteiger partial charge in [-0.25, -0.2) is 9.78 Å². The van der Waals surface area contributed by atoms with E-state index in [9.17, 15) is 9.59 Å². The van der Waals surface area contributed by atoms with Crippen molar-refractivity contribution in [1.82, 2.24) is 14.8 Å². The molecule has 4 aromatic rings. The molecular formula is C23H20N4O4S. The number of aromatic nitrogens is 3. The molecule has 162 valence electrons. The molecule has 0 radical (unpaired) electrons. The Morgan fingerprint density at radius 1 is 1.09 bits per heavy atom. The average molecular weight is 449 g/mol. The van der Waals surface area contributed by atoms with E-state index in [0.717, 1.165) is 27.2 Å². The van der Waals surface area contributed by atoms with Gasteiger partial charge in [0.05, 0.1) is 35.7 Å². The molecule has 32 heavy (non-hydrogen) atoms. The van der Waals surface area contributed by atoms with Crippen molar-refractivity contribution >= 4 is 45.3 Å². The highest BCUT2D eigenvalue weighted by Gasteiger charge is 2.14. The minimum absolute atomic E-state index is 0.314. The highest BCUT2D eigenvalue weighted by Crippen LogP contribution is 2.30. The number of hydrogen-bond acceptors (Lipinski definition) is 7. The van der Waals surface area contributed by atoms with E-state index in [1.165, 1.54) is 24.5 Å². The van der Waals surface area contributed by atoms with Gasteiger partial charge in [-0.15, -0.1) is 0 Å². The minimum Gasteiger partial charge on any atom is -0.497 e. The number of hydrogen-bond donors (Lipinski definition) is 1. The van der Waals surface area contributed by atoms with Crippen molar-refractivity contribution in [1.29, 1.82) is 0 Å². The summed E-state index contributed by atoms with van der Waals surface area (Å²) in [5.74, 6) is 0.549. The van der Waals surface area contributed by atoms with E-state index in [0.29, 0.717) is 16.5 Å². The zero-order chi connectivity index (χ0) is 22.7. The van der Waals surface area contributed by atoms with E-state index >= 15 is 0 Å². The maximum absolute atomic E-state index is 12.5.